The number of ether oxygens (including phenoxy) is 2. The van der Waals surface area contributed by atoms with Crippen molar-refractivity contribution < 1.29 is 9.47 Å². The Hall–Kier alpha value is -1.96. The van der Waals surface area contributed by atoms with Gasteiger partial charge in [0.2, 0.25) is 0 Å². The molecule has 0 amide bonds. The molecule has 0 aliphatic rings. The van der Waals surface area contributed by atoms with Crippen molar-refractivity contribution in [2.45, 2.75) is 39.5 Å². The highest BCUT2D eigenvalue weighted by molar-refractivity contribution is 5.30. The SMILES string of the molecule is CCCOc1ccc(CCc2ccc(OCCC)cc2)cc1. The van der Waals surface area contributed by atoms with Gasteiger partial charge in [-0.2, -0.15) is 0 Å². The fourth-order valence-corrected chi connectivity index (χ4v) is 2.23. The summed E-state index contributed by atoms with van der Waals surface area (Å²) in [5, 5.41) is 0. The van der Waals surface area contributed by atoms with E-state index in [1.807, 2.05) is 0 Å². The van der Waals surface area contributed by atoms with E-state index in [0.29, 0.717) is 0 Å². The summed E-state index contributed by atoms with van der Waals surface area (Å²) in [6, 6.07) is 16.9. The van der Waals surface area contributed by atoms with Crippen LogP contribution in [0.5, 0.6) is 11.5 Å². The summed E-state index contributed by atoms with van der Waals surface area (Å²) in [6.45, 7) is 5.80. The quantitative estimate of drug-likeness (QED) is 0.645. The van der Waals surface area contributed by atoms with Crippen LogP contribution in [-0.2, 0) is 12.8 Å². The van der Waals surface area contributed by atoms with Crippen LogP contribution < -0.4 is 9.47 Å². The first-order valence-electron chi connectivity index (χ1n) is 8.25. The maximum Gasteiger partial charge on any atom is 0.119 e. The highest BCUT2D eigenvalue weighted by atomic mass is 16.5. The molecule has 0 saturated carbocycles. The largest absolute Gasteiger partial charge is 0.494 e. The van der Waals surface area contributed by atoms with Gasteiger partial charge in [0.25, 0.3) is 0 Å². The van der Waals surface area contributed by atoms with Crippen LogP contribution in [0.25, 0.3) is 0 Å². The Morgan fingerprint density at radius 3 is 1.27 bits per heavy atom. The Morgan fingerprint density at radius 2 is 0.955 bits per heavy atom. The molecule has 0 spiro atoms. The van der Waals surface area contributed by atoms with E-state index in [0.717, 1.165) is 50.4 Å². The zero-order valence-electron chi connectivity index (χ0n) is 13.7. The minimum absolute atomic E-state index is 0.784. The van der Waals surface area contributed by atoms with E-state index >= 15 is 0 Å². The molecule has 0 atom stereocenters. The van der Waals surface area contributed by atoms with Gasteiger partial charge in [-0.3, -0.25) is 0 Å². The van der Waals surface area contributed by atoms with Crippen molar-refractivity contribution in [2.24, 2.45) is 0 Å². The third-order valence-electron chi connectivity index (χ3n) is 3.49. The van der Waals surface area contributed by atoms with Gasteiger partial charge in [-0.25, -0.2) is 0 Å². The van der Waals surface area contributed by atoms with Gasteiger partial charge in [-0.05, 0) is 61.1 Å². The lowest BCUT2D eigenvalue weighted by Gasteiger charge is -2.07. The first-order valence-corrected chi connectivity index (χ1v) is 8.25. The fourth-order valence-electron chi connectivity index (χ4n) is 2.23. The molecule has 0 fully saturated rings. The molecule has 2 rings (SSSR count). The predicted octanol–water partition coefficient (Wildman–Crippen LogP) is 5.05. The van der Waals surface area contributed by atoms with Crippen LogP contribution in [-0.4, -0.2) is 13.2 Å². The third-order valence-corrected chi connectivity index (χ3v) is 3.49. The lowest BCUT2D eigenvalue weighted by molar-refractivity contribution is 0.317. The molecule has 2 aromatic carbocycles. The molecular weight excluding hydrogens is 272 g/mol. The molecule has 2 heteroatoms. The number of rotatable bonds is 9. The molecule has 0 saturated heterocycles. The van der Waals surface area contributed by atoms with Gasteiger partial charge < -0.3 is 9.47 Å². The van der Waals surface area contributed by atoms with E-state index in [9.17, 15) is 0 Å². The summed E-state index contributed by atoms with van der Waals surface area (Å²) >= 11 is 0. The Bertz CT molecular complexity index is 477. The van der Waals surface area contributed by atoms with Crippen LogP contribution in [0, 0.1) is 0 Å². The molecule has 0 heterocycles. The second-order valence-electron chi connectivity index (χ2n) is 5.48. The van der Waals surface area contributed by atoms with E-state index in [1.165, 1.54) is 11.1 Å². The van der Waals surface area contributed by atoms with Crippen molar-refractivity contribution in [1.29, 1.82) is 0 Å². The van der Waals surface area contributed by atoms with E-state index in [-0.39, 0.29) is 0 Å². The van der Waals surface area contributed by atoms with E-state index in [1.54, 1.807) is 0 Å². The topological polar surface area (TPSA) is 18.5 Å². The highest BCUT2D eigenvalue weighted by Gasteiger charge is 1.99. The molecule has 0 bridgehead atoms. The smallest absolute Gasteiger partial charge is 0.119 e. The Balaban J connectivity index is 1.81. The van der Waals surface area contributed by atoms with Gasteiger partial charge in [-0.1, -0.05) is 38.1 Å². The molecule has 0 aromatic heterocycles. The van der Waals surface area contributed by atoms with E-state index in [2.05, 4.69) is 62.4 Å². The molecular formula is C20H26O2. The van der Waals surface area contributed by atoms with Gasteiger partial charge in [0, 0.05) is 0 Å². The van der Waals surface area contributed by atoms with Gasteiger partial charge in [0.15, 0.2) is 0 Å². The van der Waals surface area contributed by atoms with Crippen LogP contribution in [0.15, 0.2) is 48.5 Å². The monoisotopic (exact) mass is 298 g/mol. The molecule has 118 valence electrons. The highest BCUT2D eigenvalue weighted by Crippen LogP contribution is 2.16. The number of hydrogen-bond donors (Lipinski definition) is 0. The van der Waals surface area contributed by atoms with Crippen LogP contribution in [0.1, 0.15) is 37.8 Å². The lowest BCUT2D eigenvalue weighted by atomic mass is 10.0. The van der Waals surface area contributed by atoms with Gasteiger partial charge in [-0.15, -0.1) is 0 Å². The first kappa shape index (κ1) is 16.4. The molecule has 2 nitrogen and oxygen atoms in total. The van der Waals surface area contributed by atoms with Gasteiger partial charge in [0.05, 0.1) is 13.2 Å². The molecule has 0 radical (unpaired) electrons. The Kier molecular flexibility index (Phi) is 6.82. The van der Waals surface area contributed by atoms with Crippen LogP contribution in [0.3, 0.4) is 0 Å². The summed E-state index contributed by atoms with van der Waals surface area (Å²) in [5.41, 5.74) is 2.69. The standard InChI is InChI=1S/C20H26O2/c1-3-15-21-19-11-7-17(8-12-19)5-6-18-9-13-20(14-10-18)22-16-4-2/h7-14H,3-6,15-16H2,1-2H3. The van der Waals surface area contributed by atoms with Crippen LogP contribution in [0.2, 0.25) is 0 Å². The summed E-state index contributed by atoms with van der Waals surface area (Å²) < 4.78 is 11.2. The normalized spacial score (nSPS) is 10.5. The maximum atomic E-state index is 5.60. The van der Waals surface area contributed by atoms with Crippen molar-refractivity contribution >= 4 is 0 Å². The molecule has 2 aromatic rings. The zero-order chi connectivity index (χ0) is 15.6. The maximum absolute atomic E-state index is 5.60. The predicted molar refractivity (Wildman–Crippen MR) is 91.9 cm³/mol. The van der Waals surface area contributed by atoms with Crippen LogP contribution >= 0.6 is 0 Å². The van der Waals surface area contributed by atoms with Crippen molar-refractivity contribution in [3.63, 3.8) is 0 Å². The second-order valence-corrected chi connectivity index (χ2v) is 5.48. The van der Waals surface area contributed by atoms with E-state index in [4.69, 9.17) is 9.47 Å². The molecule has 0 unspecified atom stereocenters. The molecule has 0 N–H and O–H groups in total. The number of aryl methyl sites for hydroxylation is 2. The summed E-state index contributed by atoms with van der Waals surface area (Å²) in [5.74, 6) is 1.92. The average molecular weight is 298 g/mol. The van der Waals surface area contributed by atoms with Crippen LogP contribution in [0.4, 0.5) is 0 Å². The van der Waals surface area contributed by atoms with Crippen molar-refractivity contribution in [1.82, 2.24) is 0 Å². The van der Waals surface area contributed by atoms with Crippen molar-refractivity contribution in [3.8, 4) is 11.5 Å². The fraction of sp³-hybridized carbons (Fsp3) is 0.400. The lowest BCUT2D eigenvalue weighted by Crippen LogP contribution is -1.96. The number of hydrogen-bond acceptors (Lipinski definition) is 2. The third kappa shape index (κ3) is 5.44. The second kappa shape index (κ2) is 9.14. The van der Waals surface area contributed by atoms with E-state index < -0.39 is 0 Å². The zero-order valence-corrected chi connectivity index (χ0v) is 13.7. The number of benzene rings is 2. The minimum Gasteiger partial charge on any atom is -0.494 e. The molecule has 22 heavy (non-hydrogen) atoms. The first-order chi connectivity index (χ1) is 10.8. The van der Waals surface area contributed by atoms with Crippen molar-refractivity contribution in [2.75, 3.05) is 13.2 Å². The van der Waals surface area contributed by atoms with Gasteiger partial charge in [0.1, 0.15) is 11.5 Å². The molecule has 0 aliphatic carbocycles. The summed E-state index contributed by atoms with van der Waals surface area (Å²) in [4.78, 5) is 0. The summed E-state index contributed by atoms with van der Waals surface area (Å²) in [6.07, 6.45) is 4.17. The Morgan fingerprint density at radius 1 is 0.591 bits per heavy atom. The average Bonchev–Trinajstić information content (AvgIpc) is 2.58. The summed E-state index contributed by atoms with van der Waals surface area (Å²) in [7, 11) is 0. The minimum atomic E-state index is 0.784. The molecule has 0 aliphatic heterocycles. The Labute approximate surface area is 134 Å². The van der Waals surface area contributed by atoms with Gasteiger partial charge >= 0.3 is 0 Å². The van der Waals surface area contributed by atoms with Crippen molar-refractivity contribution in [3.05, 3.63) is 59.7 Å².